The predicted molar refractivity (Wildman–Crippen MR) is 70.8 cm³/mol. The van der Waals surface area contributed by atoms with Gasteiger partial charge >= 0.3 is 0 Å². The summed E-state index contributed by atoms with van der Waals surface area (Å²) in [7, 11) is 0. The van der Waals surface area contributed by atoms with Gasteiger partial charge in [0.2, 0.25) is 0 Å². The molecule has 0 amide bonds. The van der Waals surface area contributed by atoms with E-state index in [0.717, 1.165) is 5.56 Å². The molecule has 2 aliphatic rings. The van der Waals surface area contributed by atoms with Crippen molar-refractivity contribution < 1.29 is 4.74 Å². The average Bonchev–Trinajstić information content (AvgIpc) is 2.70. The molecule has 0 radical (unpaired) electrons. The van der Waals surface area contributed by atoms with Crippen LogP contribution in [0.4, 0.5) is 0 Å². The number of hydrogen-bond donors (Lipinski definition) is 0. The number of alkyl halides is 2. The lowest BCUT2D eigenvalue weighted by Crippen LogP contribution is -2.26. The van der Waals surface area contributed by atoms with Crippen LogP contribution in [-0.4, -0.2) is 10.1 Å². The molecule has 90 valence electrons. The number of hydrogen-bond acceptors (Lipinski definition) is 1. The molecule has 2 bridgehead atoms. The summed E-state index contributed by atoms with van der Waals surface area (Å²) in [6.07, 6.45) is 0.525. The van der Waals surface area contributed by atoms with Gasteiger partial charge in [-0.05, 0) is 5.56 Å². The molecule has 0 spiro atoms. The summed E-state index contributed by atoms with van der Waals surface area (Å²) in [5.74, 6) is -0.0853. The van der Waals surface area contributed by atoms with Gasteiger partial charge < -0.3 is 4.74 Å². The minimum Gasteiger partial charge on any atom is -0.327 e. The zero-order valence-electron chi connectivity index (χ0n) is 8.59. The standard InChI is InChI=1S/C12H8Cl4O/c13-9-10(14)12(16)8(6-11(9,15)17-12)7-4-2-1-3-5-7/h1-5,8H,6H2. The highest BCUT2D eigenvalue weighted by Crippen LogP contribution is 2.65. The summed E-state index contributed by atoms with van der Waals surface area (Å²) in [5, 5.41) is -1.58. The Balaban J connectivity index is 2.09. The summed E-state index contributed by atoms with van der Waals surface area (Å²) in [4.78, 5) is 0. The Morgan fingerprint density at radius 3 is 2.24 bits per heavy atom. The second-order valence-corrected chi connectivity index (χ2v) is 6.20. The molecule has 0 aromatic heterocycles. The first-order chi connectivity index (χ1) is 7.97. The highest BCUT2D eigenvalue weighted by atomic mass is 35.5. The smallest absolute Gasteiger partial charge is 0.188 e. The third-order valence-corrected chi connectivity index (χ3v) is 5.45. The Kier molecular flexibility index (Phi) is 2.70. The second-order valence-electron chi connectivity index (χ2n) is 4.27. The normalized spacial score (nSPS) is 40.1. The maximum absolute atomic E-state index is 6.45. The fourth-order valence-electron chi connectivity index (χ4n) is 2.41. The van der Waals surface area contributed by atoms with Gasteiger partial charge in [0.25, 0.3) is 0 Å². The molecule has 1 saturated heterocycles. The van der Waals surface area contributed by atoms with E-state index in [1.807, 2.05) is 30.3 Å². The van der Waals surface area contributed by atoms with Gasteiger partial charge in [-0.3, -0.25) is 0 Å². The van der Waals surface area contributed by atoms with E-state index in [1.54, 1.807) is 0 Å². The molecule has 1 aromatic rings. The Bertz CT molecular complexity index is 500. The molecule has 2 aliphatic heterocycles. The molecule has 0 aliphatic carbocycles. The molecule has 17 heavy (non-hydrogen) atoms. The maximum atomic E-state index is 6.45. The van der Waals surface area contributed by atoms with Crippen LogP contribution in [0.25, 0.3) is 0 Å². The van der Waals surface area contributed by atoms with Crippen LogP contribution in [0.5, 0.6) is 0 Å². The molecule has 3 unspecified atom stereocenters. The van der Waals surface area contributed by atoms with Crippen LogP contribution in [0.3, 0.4) is 0 Å². The van der Waals surface area contributed by atoms with Gasteiger partial charge in [0, 0.05) is 12.3 Å². The lowest BCUT2D eigenvalue weighted by atomic mass is 9.87. The third kappa shape index (κ3) is 1.57. The van der Waals surface area contributed by atoms with E-state index < -0.39 is 10.1 Å². The SMILES string of the molecule is ClC1=C(Cl)C2(Cl)OC1(Cl)CC2c1ccccc1. The van der Waals surface area contributed by atoms with Gasteiger partial charge in [0.15, 0.2) is 10.1 Å². The van der Waals surface area contributed by atoms with E-state index in [2.05, 4.69) is 0 Å². The Morgan fingerprint density at radius 2 is 1.71 bits per heavy atom. The first-order valence-electron chi connectivity index (χ1n) is 5.16. The van der Waals surface area contributed by atoms with Gasteiger partial charge in [-0.15, -0.1) is 0 Å². The summed E-state index contributed by atoms with van der Waals surface area (Å²) in [6.45, 7) is 0. The first kappa shape index (κ1) is 12.1. The van der Waals surface area contributed by atoms with Crippen LogP contribution in [-0.2, 0) is 4.74 Å². The van der Waals surface area contributed by atoms with Gasteiger partial charge in [0.05, 0.1) is 10.1 Å². The predicted octanol–water partition coefficient (Wildman–Crippen LogP) is 4.76. The van der Waals surface area contributed by atoms with E-state index in [4.69, 9.17) is 51.1 Å². The monoisotopic (exact) mass is 308 g/mol. The molecule has 1 aromatic carbocycles. The van der Waals surface area contributed by atoms with Crippen LogP contribution in [0, 0.1) is 0 Å². The Labute approximate surface area is 119 Å². The highest BCUT2D eigenvalue weighted by Gasteiger charge is 2.65. The van der Waals surface area contributed by atoms with Crippen LogP contribution in [0.15, 0.2) is 40.4 Å². The topological polar surface area (TPSA) is 9.23 Å². The quantitative estimate of drug-likeness (QED) is 0.679. The van der Waals surface area contributed by atoms with Crippen LogP contribution < -0.4 is 0 Å². The number of ether oxygens (including phenoxy) is 1. The first-order valence-corrected chi connectivity index (χ1v) is 6.68. The van der Waals surface area contributed by atoms with Crippen LogP contribution in [0.2, 0.25) is 0 Å². The minimum atomic E-state index is -1.12. The molecule has 1 nitrogen and oxygen atoms in total. The van der Waals surface area contributed by atoms with Crippen molar-refractivity contribution >= 4 is 46.4 Å². The van der Waals surface area contributed by atoms with Crippen molar-refractivity contribution in [2.75, 3.05) is 0 Å². The van der Waals surface area contributed by atoms with Crippen molar-refractivity contribution in [3.63, 3.8) is 0 Å². The summed E-state index contributed by atoms with van der Waals surface area (Å²) >= 11 is 24.9. The van der Waals surface area contributed by atoms with E-state index in [1.165, 1.54) is 0 Å². The van der Waals surface area contributed by atoms with Gasteiger partial charge in [0.1, 0.15) is 0 Å². The molecule has 2 heterocycles. The Hall–Kier alpha value is 0.0800. The van der Waals surface area contributed by atoms with Gasteiger partial charge in [-0.25, -0.2) is 0 Å². The fourth-order valence-corrected chi connectivity index (χ4v) is 3.92. The maximum Gasteiger partial charge on any atom is 0.188 e. The lowest BCUT2D eigenvalue weighted by molar-refractivity contribution is 0.0587. The number of fused-ring (bicyclic) bond motifs is 2. The Morgan fingerprint density at radius 1 is 1.06 bits per heavy atom. The zero-order valence-corrected chi connectivity index (χ0v) is 11.6. The average molecular weight is 310 g/mol. The molecular formula is C12H8Cl4O. The van der Waals surface area contributed by atoms with Gasteiger partial charge in [-0.2, -0.15) is 0 Å². The van der Waals surface area contributed by atoms with E-state index >= 15 is 0 Å². The van der Waals surface area contributed by atoms with E-state index in [-0.39, 0.29) is 5.92 Å². The zero-order chi connectivity index (χ0) is 12.3. The molecule has 0 saturated carbocycles. The molecule has 3 rings (SSSR count). The van der Waals surface area contributed by atoms with Crippen molar-refractivity contribution in [3.05, 3.63) is 46.0 Å². The molecule has 5 heteroatoms. The van der Waals surface area contributed by atoms with Gasteiger partial charge in [-0.1, -0.05) is 76.7 Å². The highest BCUT2D eigenvalue weighted by molar-refractivity contribution is 6.49. The van der Waals surface area contributed by atoms with E-state index in [9.17, 15) is 0 Å². The largest absolute Gasteiger partial charge is 0.327 e. The van der Waals surface area contributed by atoms with E-state index in [0.29, 0.717) is 16.5 Å². The summed E-state index contributed by atoms with van der Waals surface area (Å²) in [5.41, 5.74) is 1.05. The third-order valence-electron chi connectivity index (χ3n) is 3.25. The molecule has 1 fully saturated rings. The molecule has 3 atom stereocenters. The van der Waals surface area contributed by atoms with Crippen LogP contribution >= 0.6 is 46.4 Å². The van der Waals surface area contributed by atoms with Crippen molar-refractivity contribution in [1.29, 1.82) is 0 Å². The number of halogens is 4. The second kappa shape index (κ2) is 3.79. The summed E-state index contributed by atoms with van der Waals surface area (Å²) in [6, 6.07) is 9.80. The van der Waals surface area contributed by atoms with Crippen LogP contribution in [0.1, 0.15) is 17.9 Å². The molecule has 0 N–H and O–H groups in total. The van der Waals surface area contributed by atoms with Crippen molar-refractivity contribution in [1.82, 2.24) is 0 Å². The minimum absolute atomic E-state index is 0.0853. The van der Waals surface area contributed by atoms with Crippen molar-refractivity contribution in [2.24, 2.45) is 0 Å². The summed E-state index contributed by atoms with van der Waals surface area (Å²) < 4.78 is 5.63. The lowest BCUT2D eigenvalue weighted by Gasteiger charge is -2.27. The van der Waals surface area contributed by atoms with Crippen molar-refractivity contribution in [3.8, 4) is 0 Å². The molecular weight excluding hydrogens is 302 g/mol. The van der Waals surface area contributed by atoms with Crippen molar-refractivity contribution in [2.45, 2.75) is 22.5 Å². The number of benzene rings is 1. The number of rotatable bonds is 1. The fraction of sp³-hybridized carbons (Fsp3) is 0.333.